The monoisotopic (exact) mass is 973 g/mol. The Kier molecular flexibility index (Phi) is 43.9. The molecule has 0 saturated carbocycles. The number of hydrogen-bond donors (Lipinski definition) is 0. The van der Waals surface area contributed by atoms with Gasteiger partial charge in [0.25, 0.3) is 0 Å². The summed E-state index contributed by atoms with van der Waals surface area (Å²) in [5, 5.41) is 7.33. The van der Waals surface area contributed by atoms with Crippen molar-refractivity contribution in [3.05, 3.63) is 39.6 Å². The van der Waals surface area contributed by atoms with Crippen molar-refractivity contribution < 1.29 is 84.3 Å². The minimum atomic E-state index is 0. The molecular formula is C14H27N3W4. The van der Waals surface area contributed by atoms with Gasteiger partial charge in [-0.05, 0) is 5.41 Å². The van der Waals surface area contributed by atoms with Crippen LogP contribution in [0, 0.1) is 33.1 Å². The topological polar surface area (TPSA) is 30.7 Å². The van der Waals surface area contributed by atoms with Crippen LogP contribution in [0.2, 0.25) is 0 Å². The fourth-order valence-corrected chi connectivity index (χ4v) is 0.978. The van der Waals surface area contributed by atoms with E-state index in [0.29, 0.717) is 17.7 Å². The Morgan fingerprint density at radius 2 is 1.52 bits per heavy atom. The van der Waals surface area contributed by atoms with Gasteiger partial charge >= 0.3 is 42.1 Å². The third-order valence-electron chi connectivity index (χ3n) is 1.74. The van der Waals surface area contributed by atoms with Crippen LogP contribution in [-0.4, -0.2) is 15.0 Å². The molecule has 0 unspecified atom stereocenters. The Hall–Kier alpha value is 1.76. The van der Waals surface area contributed by atoms with Crippen molar-refractivity contribution in [3.8, 4) is 0 Å². The normalized spacial score (nSPS) is 7.95. The van der Waals surface area contributed by atoms with Crippen LogP contribution >= 0.6 is 0 Å². The van der Waals surface area contributed by atoms with Crippen molar-refractivity contribution in [2.24, 2.45) is 5.41 Å². The molecule has 0 aliphatic carbocycles. The molecule has 122 valence electrons. The molecule has 0 saturated heterocycles. The Morgan fingerprint density at radius 1 is 1.10 bits per heavy atom. The van der Waals surface area contributed by atoms with Crippen molar-refractivity contribution in [3.63, 3.8) is 0 Å². The first-order chi connectivity index (χ1) is 7.89. The average molecular weight is 973 g/mol. The van der Waals surface area contributed by atoms with E-state index in [-0.39, 0.29) is 84.3 Å². The Balaban J connectivity index is -0.0000000411. The second-order valence-electron chi connectivity index (χ2n) is 4.64. The number of aromatic nitrogens is 3. The van der Waals surface area contributed by atoms with Crippen molar-refractivity contribution >= 4 is 0 Å². The molecule has 0 aliphatic rings. The van der Waals surface area contributed by atoms with E-state index < -0.39 is 0 Å². The fourth-order valence-electron chi connectivity index (χ4n) is 0.978. The summed E-state index contributed by atoms with van der Waals surface area (Å²) in [6.07, 6.45) is 4.03. The molecule has 0 amide bonds. The largest absolute Gasteiger partial charge is 2.00 e. The molecule has 0 spiro atoms. The molecule has 1 rings (SSSR count). The fraction of sp³-hybridized carbons (Fsp3) is 0.571. The van der Waals surface area contributed by atoms with Crippen LogP contribution in [-0.2, 0) is 90.8 Å². The molecule has 0 fully saturated rings. The second kappa shape index (κ2) is 24.0. The maximum Gasteiger partial charge on any atom is 2.00 e. The minimum Gasteiger partial charge on any atom is -0.360 e. The van der Waals surface area contributed by atoms with Crippen LogP contribution in [0.4, 0.5) is 0 Å². The van der Waals surface area contributed by atoms with Gasteiger partial charge in [-0.1, -0.05) is 44.3 Å². The molecule has 0 atom stereocenters. The maximum absolute atomic E-state index is 3.77. The van der Waals surface area contributed by atoms with Gasteiger partial charge < -0.3 is 25.5 Å². The molecule has 3 nitrogen and oxygen atoms in total. The standard InChI is InChI=1S/C7H15.C5H7N3.C2H5.4W/c1-5-6-7(2,3)4;1-3-8-4-5(2)6-7-8;1-2;;;;/h1,5-6H2,2-4H3;4H,1-3H2;1H2,2H3;;;;/q-1;-2;-1;;;2*+2. The van der Waals surface area contributed by atoms with Gasteiger partial charge in [-0.2, -0.15) is 18.4 Å². The van der Waals surface area contributed by atoms with Gasteiger partial charge in [-0.25, -0.2) is 6.92 Å². The smallest absolute Gasteiger partial charge is 0.360 e. The van der Waals surface area contributed by atoms with Gasteiger partial charge in [0.15, 0.2) is 0 Å². The SMILES string of the molecule is [CH2-]C.[CH2-]CCC(C)(C)C.[CH2-]Cn1cc([CH2-])nn1.[W+2].[W+2].[W].[W]. The molecular weight excluding hydrogens is 946 g/mol. The van der Waals surface area contributed by atoms with E-state index in [1.54, 1.807) is 17.8 Å². The van der Waals surface area contributed by atoms with E-state index in [4.69, 9.17) is 0 Å². The first kappa shape index (κ1) is 38.4. The Bertz CT molecular complexity index is 273. The quantitative estimate of drug-likeness (QED) is 0.424. The molecule has 0 N–H and O–H groups in total. The summed E-state index contributed by atoms with van der Waals surface area (Å²) in [6, 6.07) is 0. The molecule has 0 radical (unpaired) electrons. The number of nitrogens with zero attached hydrogens (tertiary/aromatic N) is 3. The Labute approximate surface area is 189 Å². The van der Waals surface area contributed by atoms with E-state index in [9.17, 15) is 0 Å². The molecule has 1 aromatic heterocycles. The zero-order valence-corrected chi connectivity index (χ0v) is 25.2. The Morgan fingerprint density at radius 3 is 1.62 bits per heavy atom. The van der Waals surface area contributed by atoms with Crippen molar-refractivity contribution in [2.45, 2.75) is 47.1 Å². The van der Waals surface area contributed by atoms with Crippen LogP contribution in [0.25, 0.3) is 0 Å². The minimum absolute atomic E-state index is 0. The summed E-state index contributed by atoms with van der Waals surface area (Å²) in [6.45, 7) is 23.3. The van der Waals surface area contributed by atoms with Crippen LogP contribution in [0.5, 0.6) is 0 Å². The number of rotatable bonds is 2. The van der Waals surface area contributed by atoms with Crippen molar-refractivity contribution in [1.29, 1.82) is 0 Å². The van der Waals surface area contributed by atoms with Crippen LogP contribution in [0.3, 0.4) is 0 Å². The molecule has 7 heteroatoms. The third-order valence-corrected chi connectivity index (χ3v) is 1.74. The molecule has 0 bridgehead atoms. The summed E-state index contributed by atoms with van der Waals surface area (Å²) < 4.78 is 1.63. The molecule has 1 heterocycles. The van der Waals surface area contributed by atoms with Gasteiger partial charge in [-0.15, -0.1) is 6.54 Å². The van der Waals surface area contributed by atoms with E-state index in [1.165, 1.54) is 6.42 Å². The van der Waals surface area contributed by atoms with Gasteiger partial charge in [0, 0.05) is 42.1 Å². The van der Waals surface area contributed by atoms with Crippen LogP contribution in [0.1, 0.15) is 46.2 Å². The van der Waals surface area contributed by atoms with Gasteiger partial charge in [0.05, 0.1) is 0 Å². The predicted octanol–water partition coefficient (Wildman–Crippen LogP) is 3.77. The van der Waals surface area contributed by atoms with E-state index in [1.807, 2.05) is 0 Å². The zero-order chi connectivity index (χ0) is 13.9. The second-order valence-corrected chi connectivity index (χ2v) is 4.64. The molecule has 0 aromatic carbocycles. The third kappa shape index (κ3) is 30.2. The first-order valence-electron chi connectivity index (χ1n) is 5.90. The summed E-state index contributed by atoms with van der Waals surface area (Å²) >= 11 is 0. The van der Waals surface area contributed by atoms with E-state index in [0.717, 1.165) is 6.42 Å². The summed E-state index contributed by atoms with van der Waals surface area (Å²) in [5.41, 5.74) is 1.18. The van der Waals surface area contributed by atoms with Crippen molar-refractivity contribution in [1.82, 2.24) is 15.0 Å². The summed E-state index contributed by atoms with van der Waals surface area (Å²) in [5.74, 6) is 0. The van der Waals surface area contributed by atoms with Gasteiger partial charge in [-0.3, -0.25) is 0 Å². The average Bonchev–Trinajstić information content (AvgIpc) is 2.66. The van der Waals surface area contributed by atoms with Gasteiger partial charge in [0.1, 0.15) is 0 Å². The zero-order valence-electron chi connectivity index (χ0n) is 13.5. The van der Waals surface area contributed by atoms with E-state index >= 15 is 0 Å². The van der Waals surface area contributed by atoms with Crippen LogP contribution in [0.15, 0.2) is 6.20 Å². The molecule has 0 aliphatic heterocycles. The maximum atomic E-state index is 3.77. The van der Waals surface area contributed by atoms with Gasteiger partial charge in [0.2, 0.25) is 0 Å². The molecule has 21 heavy (non-hydrogen) atoms. The summed E-state index contributed by atoms with van der Waals surface area (Å²) in [7, 11) is 0. The van der Waals surface area contributed by atoms with E-state index in [2.05, 4.69) is 58.8 Å². The van der Waals surface area contributed by atoms with Crippen LogP contribution < -0.4 is 0 Å². The first-order valence-corrected chi connectivity index (χ1v) is 5.90. The number of hydrogen-bond acceptors (Lipinski definition) is 2. The predicted molar refractivity (Wildman–Crippen MR) is 74.9 cm³/mol. The van der Waals surface area contributed by atoms with Crippen molar-refractivity contribution in [2.75, 3.05) is 0 Å². The summed E-state index contributed by atoms with van der Waals surface area (Å²) in [4.78, 5) is 0. The molecule has 1 aromatic rings.